The van der Waals surface area contributed by atoms with Gasteiger partial charge in [0.25, 0.3) is 5.91 Å². The first-order chi connectivity index (χ1) is 7.63. The zero-order valence-electron chi connectivity index (χ0n) is 9.69. The molecule has 0 bridgehead atoms. The molecule has 0 radical (unpaired) electrons. The van der Waals surface area contributed by atoms with E-state index in [2.05, 4.69) is 5.32 Å². The summed E-state index contributed by atoms with van der Waals surface area (Å²) in [6.07, 6.45) is 0. The lowest BCUT2D eigenvalue weighted by molar-refractivity contribution is 0.0951. The molecule has 0 aliphatic rings. The monoisotopic (exact) mass is 222 g/mol. The van der Waals surface area contributed by atoms with Crippen LogP contribution in [0, 0.1) is 0 Å². The van der Waals surface area contributed by atoms with Gasteiger partial charge in [-0.25, -0.2) is 0 Å². The molecule has 0 fully saturated rings. The average molecular weight is 222 g/mol. The molecule has 1 atom stereocenters. The number of ether oxygens (including phenoxy) is 1. The number of nitrogens with one attached hydrogen (secondary N) is 1. The van der Waals surface area contributed by atoms with Crippen LogP contribution in [-0.2, 0) is 0 Å². The van der Waals surface area contributed by atoms with Gasteiger partial charge in [0.1, 0.15) is 5.75 Å². The summed E-state index contributed by atoms with van der Waals surface area (Å²) in [5.41, 5.74) is 6.16. The maximum Gasteiger partial charge on any atom is 0.251 e. The Morgan fingerprint density at radius 1 is 1.44 bits per heavy atom. The molecule has 1 unspecified atom stereocenters. The highest BCUT2D eigenvalue weighted by atomic mass is 16.5. The minimum atomic E-state index is -0.111. The molecule has 16 heavy (non-hydrogen) atoms. The first kappa shape index (κ1) is 12.5. The van der Waals surface area contributed by atoms with E-state index in [-0.39, 0.29) is 11.9 Å². The topological polar surface area (TPSA) is 64.3 Å². The Labute approximate surface area is 95.8 Å². The number of hydrogen-bond acceptors (Lipinski definition) is 3. The second-order valence-corrected chi connectivity index (χ2v) is 3.64. The quantitative estimate of drug-likeness (QED) is 0.785. The van der Waals surface area contributed by atoms with Crippen LogP contribution >= 0.6 is 0 Å². The molecule has 1 amide bonds. The summed E-state index contributed by atoms with van der Waals surface area (Å²) in [5.74, 6) is 0.659. The van der Waals surface area contributed by atoms with Crippen molar-refractivity contribution in [3.63, 3.8) is 0 Å². The van der Waals surface area contributed by atoms with Crippen molar-refractivity contribution < 1.29 is 9.53 Å². The molecule has 3 N–H and O–H groups in total. The first-order valence-electron chi connectivity index (χ1n) is 5.40. The average Bonchev–Trinajstić information content (AvgIpc) is 2.27. The summed E-state index contributed by atoms with van der Waals surface area (Å²) in [5, 5.41) is 2.75. The third-order valence-electron chi connectivity index (χ3n) is 2.01. The van der Waals surface area contributed by atoms with Gasteiger partial charge in [-0.05, 0) is 38.1 Å². The van der Waals surface area contributed by atoms with Gasteiger partial charge in [0, 0.05) is 18.2 Å². The molecule has 4 nitrogen and oxygen atoms in total. The Morgan fingerprint density at radius 3 is 2.56 bits per heavy atom. The fourth-order valence-electron chi connectivity index (χ4n) is 1.22. The summed E-state index contributed by atoms with van der Waals surface area (Å²) >= 11 is 0. The Balaban J connectivity index is 2.56. The molecule has 0 aliphatic carbocycles. The van der Waals surface area contributed by atoms with Crippen LogP contribution in [0.4, 0.5) is 0 Å². The van der Waals surface area contributed by atoms with Crippen LogP contribution in [0.15, 0.2) is 24.3 Å². The van der Waals surface area contributed by atoms with E-state index in [0.29, 0.717) is 18.7 Å². The lowest BCUT2D eigenvalue weighted by Gasteiger charge is -2.08. The Hall–Kier alpha value is -1.55. The van der Waals surface area contributed by atoms with Crippen LogP contribution in [0.5, 0.6) is 5.75 Å². The second-order valence-electron chi connectivity index (χ2n) is 3.64. The normalized spacial score (nSPS) is 11.9. The van der Waals surface area contributed by atoms with Crippen molar-refractivity contribution in [2.45, 2.75) is 19.9 Å². The molecule has 0 aromatic heterocycles. The number of carbonyl (C=O) groups excluding carboxylic acids is 1. The maximum atomic E-state index is 11.6. The lowest BCUT2D eigenvalue weighted by atomic mass is 10.2. The van der Waals surface area contributed by atoms with Gasteiger partial charge in [0.2, 0.25) is 0 Å². The summed E-state index contributed by atoms with van der Waals surface area (Å²) < 4.78 is 5.29. The fraction of sp³-hybridized carbons (Fsp3) is 0.417. The summed E-state index contributed by atoms with van der Waals surface area (Å²) in [4.78, 5) is 11.6. The van der Waals surface area contributed by atoms with Crippen molar-refractivity contribution in [1.29, 1.82) is 0 Å². The van der Waals surface area contributed by atoms with Gasteiger partial charge in [0.15, 0.2) is 0 Å². The molecule has 4 heteroatoms. The molecule has 0 spiro atoms. The van der Waals surface area contributed by atoms with Gasteiger partial charge in [-0.3, -0.25) is 4.79 Å². The number of amides is 1. The maximum absolute atomic E-state index is 11.6. The summed E-state index contributed by atoms with van der Waals surface area (Å²) in [6, 6.07) is 7.00. The molecule has 1 rings (SSSR count). The van der Waals surface area contributed by atoms with Crippen LogP contribution in [0.2, 0.25) is 0 Å². The van der Waals surface area contributed by atoms with Crippen molar-refractivity contribution in [2.75, 3.05) is 13.2 Å². The van der Waals surface area contributed by atoms with E-state index in [1.54, 1.807) is 24.3 Å². The van der Waals surface area contributed by atoms with E-state index in [1.807, 2.05) is 13.8 Å². The van der Waals surface area contributed by atoms with Gasteiger partial charge >= 0.3 is 0 Å². The predicted octanol–water partition coefficient (Wildman–Crippen LogP) is 1.16. The van der Waals surface area contributed by atoms with Crippen LogP contribution < -0.4 is 15.8 Å². The summed E-state index contributed by atoms with van der Waals surface area (Å²) in [6.45, 7) is 4.87. The number of carbonyl (C=O) groups is 1. The third-order valence-corrected chi connectivity index (χ3v) is 2.01. The van der Waals surface area contributed by atoms with Crippen molar-refractivity contribution in [1.82, 2.24) is 5.32 Å². The zero-order chi connectivity index (χ0) is 12.0. The SMILES string of the molecule is CCOc1ccc(C(=O)NCC(C)N)cc1. The number of benzene rings is 1. The predicted molar refractivity (Wildman–Crippen MR) is 63.6 cm³/mol. The van der Waals surface area contributed by atoms with Crippen LogP contribution in [0.3, 0.4) is 0 Å². The van der Waals surface area contributed by atoms with Gasteiger partial charge in [-0.1, -0.05) is 0 Å². The molecule has 0 saturated carbocycles. The largest absolute Gasteiger partial charge is 0.494 e. The molecule has 1 aromatic rings. The minimum Gasteiger partial charge on any atom is -0.494 e. The van der Waals surface area contributed by atoms with Gasteiger partial charge in [-0.2, -0.15) is 0 Å². The lowest BCUT2D eigenvalue weighted by Crippen LogP contribution is -2.35. The molecule has 0 aliphatic heterocycles. The van der Waals surface area contributed by atoms with E-state index >= 15 is 0 Å². The van der Waals surface area contributed by atoms with Crippen molar-refractivity contribution in [3.05, 3.63) is 29.8 Å². The fourth-order valence-corrected chi connectivity index (χ4v) is 1.22. The molecule has 0 saturated heterocycles. The summed E-state index contributed by atoms with van der Waals surface area (Å²) in [7, 11) is 0. The zero-order valence-corrected chi connectivity index (χ0v) is 9.69. The smallest absolute Gasteiger partial charge is 0.251 e. The highest BCUT2D eigenvalue weighted by molar-refractivity contribution is 5.94. The first-order valence-corrected chi connectivity index (χ1v) is 5.40. The van der Waals surface area contributed by atoms with E-state index in [0.717, 1.165) is 5.75 Å². The van der Waals surface area contributed by atoms with Crippen LogP contribution in [0.1, 0.15) is 24.2 Å². The van der Waals surface area contributed by atoms with Crippen molar-refractivity contribution in [3.8, 4) is 5.75 Å². The number of rotatable bonds is 5. The third kappa shape index (κ3) is 3.90. The molecule has 0 heterocycles. The number of hydrogen-bond donors (Lipinski definition) is 2. The van der Waals surface area contributed by atoms with Gasteiger partial charge < -0.3 is 15.8 Å². The van der Waals surface area contributed by atoms with E-state index in [9.17, 15) is 4.79 Å². The van der Waals surface area contributed by atoms with Crippen LogP contribution in [-0.4, -0.2) is 25.1 Å². The van der Waals surface area contributed by atoms with E-state index < -0.39 is 0 Å². The standard InChI is InChI=1S/C12H18N2O2/c1-3-16-11-6-4-10(5-7-11)12(15)14-8-9(2)13/h4-7,9H,3,8,13H2,1-2H3,(H,14,15). The van der Waals surface area contributed by atoms with Crippen LogP contribution in [0.25, 0.3) is 0 Å². The Bertz CT molecular complexity index is 333. The molecular weight excluding hydrogens is 204 g/mol. The Morgan fingerprint density at radius 2 is 2.06 bits per heavy atom. The van der Waals surface area contributed by atoms with Gasteiger partial charge in [0.05, 0.1) is 6.61 Å². The molecule has 1 aromatic carbocycles. The van der Waals surface area contributed by atoms with Crippen molar-refractivity contribution in [2.24, 2.45) is 5.73 Å². The highest BCUT2D eigenvalue weighted by Crippen LogP contribution is 2.11. The van der Waals surface area contributed by atoms with Crippen molar-refractivity contribution >= 4 is 5.91 Å². The number of nitrogens with two attached hydrogens (primary N) is 1. The second kappa shape index (κ2) is 6.12. The highest BCUT2D eigenvalue weighted by Gasteiger charge is 2.05. The minimum absolute atomic E-state index is 0.0355. The molecule has 88 valence electrons. The van der Waals surface area contributed by atoms with E-state index in [4.69, 9.17) is 10.5 Å². The Kier molecular flexibility index (Phi) is 4.79. The van der Waals surface area contributed by atoms with E-state index in [1.165, 1.54) is 0 Å². The molecular formula is C12H18N2O2. The van der Waals surface area contributed by atoms with Gasteiger partial charge in [-0.15, -0.1) is 0 Å².